The Balaban J connectivity index is 0.00000363. The molecule has 1 aliphatic heterocycles. The van der Waals surface area contributed by atoms with E-state index < -0.39 is 0 Å². The number of para-hydroxylation sites is 2. The molecular formula is C24H34IN5O2. The molecule has 3 rings (SSSR count). The van der Waals surface area contributed by atoms with Gasteiger partial charge in [0, 0.05) is 45.8 Å². The molecule has 0 spiro atoms. The van der Waals surface area contributed by atoms with Gasteiger partial charge in [0.1, 0.15) is 12.3 Å². The number of carbonyl (C=O) groups is 1. The summed E-state index contributed by atoms with van der Waals surface area (Å²) in [7, 11) is 0. The monoisotopic (exact) mass is 551 g/mol. The summed E-state index contributed by atoms with van der Waals surface area (Å²) in [6.45, 7) is 9.26. The number of anilines is 1. The van der Waals surface area contributed by atoms with Crippen molar-refractivity contribution in [3.05, 3.63) is 60.2 Å². The number of halogens is 1. The molecule has 0 unspecified atom stereocenters. The molecule has 1 aliphatic rings. The minimum absolute atomic E-state index is 0. The molecule has 174 valence electrons. The molecule has 1 fully saturated rings. The van der Waals surface area contributed by atoms with Gasteiger partial charge in [0.05, 0.1) is 5.69 Å². The van der Waals surface area contributed by atoms with Crippen LogP contribution < -0.4 is 10.2 Å². The average molecular weight is 551 g/mol. The Morgan fingerprint density at radius 1 is 1.03 bits per heavy atom. The lowest BCUT2D eigenvalue weighted by Crippen LogP contribution is -2.52. The second kappa shape index (κ2) is 13.1. The highest BCUT2D eigenvalue weighted by Gasteiger charge is 2.22. The highest BCUT2D eigenvalue weighted by atomic mass is 127. The molecule has 1 saturated heterocycles. The number of likely N-dealkylation sites (N-methyl/N-ethyl adjacent to an activating group) is 1. The normalized spacial score (nSPS) is 14.0. The number of benzene rings is 2. The van der Waals surface area contributed by atoms with Gasteiger partial charge in [-0.15, -0.1) is 24.0 Å². The van der Waals surface area contributed by atoms with Gasteiger partial charge in [-0.05, 0) is 31.5 Å². The smallest absolute Gasteiger partial charge is 0.244 e. The summed E-state index contributed by atoms with van der Waals surface area (Å²) >= 11 is 0. The first-order valence-corrected chi connectivity index (χ1v) is 11.0. The van der Waals surface area contributed by atoms with Gasteiger partial charge in [0.25, 0.3) is 0 Å². The molecule has 0 bridgehead atoms. The summed E-state index contributed by atoms with van der Waals surface area (Å²) in [6.07, 6.45) is 0. The molecule has 1 heterocycles. The summed E-state index contributed by atoms with van der Waals surface area (Å²) < 4.78 is 0. The Bertz CT molecular complexity index is 870. The van der Waals surface area contributed by atoms with E-state index in [-0.39, 0.29) is 36.4 Å². The van der Waals surface area contributed by atoms with Gasteiger partial charge < -0.3 is 25.1 Å². The van der Waals surface area contributed by atoms with Crippen molar-refractivity contribution in [1.29, 1.82) is 0 Å². The van der Waals surface area contributed by atoms with Crippen LogP contribution in [0.15, 0.2) is 59.6 Å². The maximum absolute atomic E-state index is 12.8. The highest BCUT2D eigenvalue weighted by molar-refractivity contribution is 14.0. The molecule has 0 radical (unpaired) electrons. The summed E-state index contributed by atoms with van der Waals surface area (Å²) in [5.41, 5.74) is 1.98. The number of aromatic hydroxyl groups is 1. The molecule has 0 saturated carbocycles. The average Bonchev–Trinajstić information content (AvgIpc) is 2.81. The number of piperazine rings is 1. The van der Waals surface area contributed by atoms with Crippen molar-refractivity contribution in [3.63, 3.8) is 0 Å². The van der Waals surface area contributed by atoms with Crippen LogP contribution in [0.1, 0.15) is 19.4 Å². The lowest BCUT2D eigenvalue weighted by Gasteiger charge is -2.37. The number of phenolic OH excluding ortho intramolecular Hbond substituents is 1. The number of nitrogens with zero attached hydrogens (tertiary/aromatic N) is 4. The van der Waals surface area contributed by atoms with Crippen LogP contribution in [0, 0.1) is 0 Å². The van der Waals surface area contributed by atoms with Crippen LogP contribution in [0.2, 0.25) is 0 Å². The first kappa shape index (κ1) is 25.8. The second-order valence-electron chi connectivity index (χ2n) is 7.53. The van der Waals surface area contributed by atoms with Crippen molar-refractivity contribution in [3.8, 4) is 5.75 Å². The van der Waals surface area contributed by atoms with Gasteiger partial charge in [-0.2, -0.15) is 0 Å². The topological polar surface area (TPSA) is 71.4 Å². The molecular weight excluding hydrogens is 517 g/mol. The standard InChI is InChI=1S/C24H33N5O2.HI/c1-3-25-24(26-18-23(31)27(4-2)19-20-10-6-5-7-11-20)29-16-14-28(15-17-29)21-12-8-9-13-22(21)30;/h5-13,30H,3-4,14-19H2,1-2H3,(H,25,26);1H. The van der Waals surface area contributed by atoms with Gasteiger partial charge >= 0.3 is 0 Å². The van der Waals surface area contributed by atoms with E-state index in [0.29, 0.717) is 18.8 Å². The summed E-state index contributed by atoms with van der Waals surface area (Å²) in [6, 6.07) is 17.5. The Morgan fingerprint density at radius 3 is 2.31 bits per heavy atom. The number of carbonyl (C=O) groups excluding carboxylic acids is 1. The van der Waals surface area contributed by atoms with Crippen LogP contribution in [0.5, 0.6) is 5.75 Å². The molecule has 0 aromatic heterocycles. The maximum atomic E-state index is 12.8. The van der Waals surface area contributed by atoms with Crippen LogP contribution in [-0.4, -0.2) is 72.6 Å². The third-order valence-electron chi connectivity index (χ3n) is 5.45. The fourth-order valence-electron chi connectivity index (χ4n) is 3.74. The molecule has 8 heteroatoms. The predicted molar refractivity (Wildman–Crippen MR) is 141 cm³/mol. The number of aliphatic imine (C=N–C) groups is 1. The van der Waals surface area contributed by atoms with E-state index >= 15 is 0 Å². The molecule has 7 nitrogen and oxygen atoms in total. The summed E-state index contributed by atoms with van der Waals surface area (Å²) in [4.78, 5) is 23.6. The molecule has 32 heavy (non-hydrogen) atoms. The Labute approximate surface area is 208 Å². The maximum Gasteiger partial charge on any atom is 0.244 e. The number of nitrogens with one attached hydrogen (secondary N) is 1. The summed E-state index contributed by atoms with van der Waals surface area (Å²) in [5.74, 6) is 1.10. The minimum Gasteiger partial charge on any atom is -0.506 e. The van der Waals surface area contributed by atoms with Crippen molar-refractivity contribution in [2.45, 2.75) is 20.4 Å². The van der Waals surface area contributed by atoms with Crippen molar-refractivity contribution in [1.82, 2.24) is 15.1 Å². The second-order valence-corrected chi connectivity index (χ2v) is 7.53. The molecule has 0 atom stereocenters. The zero-order chi connectivity index (χ0) is 22.1. The van der Waals surface area contributed by atoms with E-state index in [2.05, 4.69) is 20.1 Å². The summed E-state index contributed by atoms with van der Waals surface area (Å²) in [5, 5.41) is 13.4. The fraction of sp³-hybridized carbons (Fsp3) is 0.417. The van der Waals surface area contributed by atoms with Gasteiger partial charge in [-0.3, -0.25) is 4.79 Å². The van der Waals surface area contributed by atoms with Crippen molar-refractivity contribution in [2.24, 2.45) is 4.99 Å². The first-order valence-electron chi connectivity index (χ1n) is 11.0. The Hall–Kier alpha value is -2.49. The zero-order valence-electron chi connectivity index (χ0n) is 18.9. The Morgan fingerprint density at radius 2 is 1.69 bits per heavy atom. The third-order valence-corrected chi connectivity index (χ3v) is 5.45. The van der Waals surface area contributed by atoms with Crippen LogP contribution in [0.3, 0.4) is 0 Å². The first-order chi connectivity index (χ1) is 15.1. The van der Waals surface area contributed by atoms with Gasteiger partial charge in [0.2, 0.25) is 5.91 Å². The highest BCUT2D eigenvalue weighted by Crippen LogP contribution is 2.27. The van der Waals surface area contributed by atoms with E-state index in [1.165, 1.54) is 0 Å². The largest absolute Gasteiger partial charge is 0.506 e. The molecule has 0 aliphatic carbocycles. The van der Waals surface area contributed by atoms with E-state index in [9.17, 15) is 9.90 Å². The number of hydrogen-bond acceptors (Lipinski definition) is 4. The number of rotatable bonds is 7. The van der Waals surface area contributed by atoms with Crippen LogP contribution in [0.25, 0.3) is 0 Å². The molecule has 1 amide bonds. The SMILES string of the molecule is CCNC(=NCC(=O)N(CC)Cc1ccccc1)N1CCN(c2ccccc2O)CC1.I. The fourth-order valence-corrected chi connectivity index (χ4v) is 3.74. The zero-order valence-corrected chi connectivity index (χ0v) is 21.2. The minimum atomic E-state index is 0. The predicted octanol–water partition coefficient (Wildman–Crippen LogP) is 3.15. The third kappa shape index (κ3) is 7.01. The van der Waals surface area contributed by atoms with E-state index in [1.807, 2.05) is 67.3 Å². The van der Waals surface area contributed by atoms with Gasteiger partial charge in [-0.25, -0.2) is 4.99 Å². The lowest BCUT2D eigenvalue weighted by molar-refractivity contribution is -0.130. The van der Waals surface area contributed by atoms with Gasteiger partial charge in [-0.1, -0.05) is 42.5 Å². The van der Waals surface area contributed by atoms with Crippen LogP contribution in [0.4, 0.5) is 5.69 Å². The number of amides is 1. The van der Waals surface area contributed by atoms with Crippen LogP contribution in [-0.2, 0) is 11.3 Å². The number of hydrogen-bond donors (Lipinski definition) is 2. The molecule has 2 aromatic rings. The molecule has 2 N–H and O–H groups in total. The Kier molecular flexibility index (Phi) is 10.6. The molecule has 2 aromatic carbocycles. The number of guanidine groups is 1. The quantitative estimate of drug-likeness (QED) is 0.315. The lowest BCUT2D eigenvalue weighted by atomic mass is 10.2. The van der Waals surface area contributed by atoms with Crippen molar-refractivity contribution in [2.75, 3.05) is 50.7 Å². The van der Waals surface area contributed by atoms with E-state index in [1.54, 1.807) is 6.07 Å². The van der Waals surface area contributed by atoms with E-state index in [4.69, 9.17) is 0 Å². The van der Waals surface area contributed by atoms with Crippen LogP contribution >= 0.6 is 24.0 Å². The van der Waals surface area contributed by atoms with Gasteiger partial charge in [0.15, 0.2) is 5.96 Å². The van der Waals surface area contributed by atoms with Crippen molar-refractivity contribution < 1.29 is 9.90 Å². The number of phenols is 1. The van der Waals surface area contributed by atoms with Crippen molar-refractivity contribution >= 4 is 41.5 Å². The van der Waals surface area contributed by atoms with E-state index in [0.717, 1.165) is 49.9 Å².